The predicted molar refractivity (Wildman–Crippen MR) is 259 cm³/mol. The number of carbonyl (C=O) groups excluding carboxylic acids is 2. The highest BCUT2D eigenvalue weighted by Gasteiger charge is 2.20. The number of para-hydroxylation sites is 2. The van der Waals surface area contributed by atoms with Crippen molar-refractivity contribution in [3.63, 3.8) is 0 Å². The zero-order chi connectivity index (χ0) is 45.7. The molecular formula is C49H60N10O6. The molecule has 65 heavy (non-hydrogen) atoms. The molecule has 0 aliphatic carbocycles. The van der Waals surface area contributed by atoms with Crippen LogP contribution in [0, 0.1) is 13.8 Å². The highest BCUT2D eigenvalue weighted by Crippen LogP contribution is 2.38. The number of hydrogen-bond acceptors (Lipinski definition) is 14. The monoisotopic (exact) mass is 884 g/mol. The fourth-order valence-electron chi connectivity index (χ4n) is 7.92. The van der Waals surface area contributed by atoms with Gasteiger partial charge in [0, 0.05) is 92.5 Å². The van der Waals surface area contributed by atoms with Crippen molar-refractivity contribution in [3.8, 4) is 11.5 Å². The van der Waals surface area contributed by atoms with Gasteiger partial charge < -0.3 is 51.7 Å². The maximum atomic E-state index is 12.2. The summed E-state index contributed by atoms with van der Waals surface area (Å²) in [5.74, 6) is 0.333. The number of aryl methyl sites for hydroxylation is 2. The lowest BCUT2D eigenvalue weighted by Crippen LogP contribution is -2.39. The van der Waals surface area contributed by atoms with Crippen molar-refractivity contribution >= 4 is 67.7 Å². The number of primary amides is 2. The average molecular weight is 885 g/mol. The third kappa shape index (κ3) is 11.7. The molecule has 0 unspecified atom stereocenters. The summed E-state index contributed by atoms with van der Waals surface area (Å²) in [6.07, 6.45) is 4.02. The van der Waals surface area contributed by atoms with Gasteiger partial charge in [0.15, 0.2) is 0 Å². The van der Waals surface area contributed by atoms with Gasteiger partial charge in [-0.2, -0.15) is 0 Å². The number of carbonyl (C=O) groups is 2. The molecular weight excluding hydrogens is 825 g/mol. The molecule has 0 radical (unpaired) electrons. The Kier molecular flexibility index (Phi) is 15.8. The smallest absolute Gasteiger partial charge is 0.252 e. The molecule has 2 aromatic heterocycles. The number of amides is 2. The first-order valence-electron chi connectivity index (χ1n) is 22.0. The third-order valence-electron chi connectivity index (χ3n) is 11.6. The number of nitrogens with two attached hydrogens (primary N) is 2. The number of benzene rings is 4. The zero-order valence-electron chi connectivity index (χ0n) is 37.7. The zero-order valence-corrected chi connectivity index (χ0v) is 37.7. The van der Waals surface area contributed by atoms with Gasteiger partial charge in [-0.3, -0.25) is 29.4 Å². The van der Waals surface area contributed by atoms with Gasteiger partial charge in [-0.15, -0.1) is 0 Å². The second-order valence-electron chi connectivity index (χ2n) is 16.0. The molecule has 0 atom stereocenters. The maximum Gasteiger partial charge on any atom is 0.252 e. The number of pyridine rings is 2. The van der Waals surface area contributed by atoms with Crippen LogP contribution in [0.1, 0.15) is 38.3 Å². The van der Waals surface area contributed by atoms with Gasteiger partial charge >= 0.3 is 0 Å². The Balaban J connectivity index is 0.000000194. The highest BCUT2D eigenvalue weighted by molar-refractivity contribution is 6.10. The summed E-state index contributed by atoms with van der Waals surface area (Å²) in [6.45, 7) is 14.5. The average Bonchev–Trinajstić information content (AvgIpc) is 3.32. The Bertz CT molecular complexity index is 2600. The molecule has 16 nitrogen and oxygen atoms in total. The van der Waals surface area contributed by atoms with Gasteiger partial charge in [0.05, 0.1) is 85.6 Å². The molecule has 2 amide bonds. The van der Waals surface area contributed by atoms with Crippen LogP contribution in [0.3, 0.4) is 0 Å². The van der Waals surface area contributed by atoms with E-state index in [0.29, 0.717) is 45.0 Å². The lowest BCUT2D eigenvalue weighted by molar-refractivity contribution is 0.0378. The number of aromatic nitrogens is 2. The fraction of sp³-hybridized carbons (Fsp3) is 0.347. The van der Waals surface area contributed by atoms with Crippen molar-refractivity contribution in [1.82, 2.24) is 19.8 Å². The molecule has 0 bridgehead atoms. The SMILES string of the molecule is COc1cc2ncc(C(N)=O)c(Nc3ccccc3C)c2cc1NCCCN1CCOCC1.COc1cc2ncc(C(N)=O)c(Nc3ccccc3C)c2cc1NCCN1CCOCC1. The molecule has 8 rings (SSSR count). The quantitative estimate of drug-likeness (QED) is 0.0531. The van der Waals surface area contributed by atoms with Crippen molar-refractivity contribution in [3.05, 3.63) is 107 Å². The summed E-state index contributed by atoms with van der Waals surface area (Å²) >= 11 is 0. The summed E-state index contributed by atoms with van der Waals surface area (Å²) in [5, 5.41) is 15.4. The molecule has 2 saturated heterocycles. The molecule has 2 aliphatic rings. The maximum absolute atomic E-state index is 12.2. The minimum absolute atomic E-state index is 0.338. The normalized spacial score (nSPS) is 14.3. The van der Waals surface area contributed by atoms with Crippen molar-refractivity contribution in [1.29, 1.82) is 0 Å². The molecule has 342 valence electrons. The fourth-order valence-corrected chi connectivity index (χ4v) is 7.92. The van der Waals surface area contributed by atoms with E-state index in [1.165, 1.54) is 12.4 Å². The summed E-state index contributed by atoms with van der Waals surface area (Å²) in [6, 6.07) is 23.5. The number of nitrogens with one attached hydrogen (secondary N) is 4. The van der Waals surface area contributed by atoms with Crippen LogP contribution in [-0.2, 0) is 9.47 Å². The standard InChI is InChI=1S/C25H31N5O3.C24H29N5O3/c1-17-6-3-4-7-20(17)29-24-18-14-22(27-8-5-9-30-10-12-33-13-11-30)23(32-2)15-21(18)28-16-19(24)25(26)31;1-16-5-3-4-6-19(16)28-23-17-13-21(26-7-8-29-9-11-32-12-10-29)22(31-2)14-20(17)27-15-18(23)24(25)30/h3-4,6-7,14-16,27H,5,8-13H2,1-2H3,(H2,26,31)(H,28,29);3-6,13-15,26H,7-12H2,1-2H3,(H2,25,30)(H,27,28). The molecule has 6 aromatic rings. The van der Waals surface area contributed by atoms with E-state index in [9.17, 15) is 9.59 Å². The molecule has 0 spiro atoms. The van der Waals surface area contributed by atoms with Crippen LogP contribution >= 0.6 is 0 Å². The van der Waals surface area contributed by atoms with Crippen molar-refractivity contribution in [2.75, 3.05) is 114 Å². The first-order chi connectivity index (χ1) is 31.6. The number of methoxy groups -OCH3 is 2. The van der Waals surface area contributed by atoms with Crippen LogP contribution in [-0.4, -0.2) is 125 Å². The Hall–Kier alpha value is -6.72. The Morgan fingerprint density at radius 3 is 1.48 bits per heavy atom. The molecule has 2 aliphatic heterocycles. The predicted octanol–water partition coefficient (Wildman–Crippen LogP) is 6.67. The van der Waals surface area contributed by atoms with E-state index in [4.69, 9.17) is 30.4 Å². The highest BCUT2D eigenvalue weighted by atomic mass is 16.5. The van der Waals surface area contributed by atoms with Crippen LogP contribution in [0.4, 0.5) is 34.1 Å². The van der Waals surface area contributed by atoms with Crippen molar-refractivity contribution in [2.24, 2.45) is 11.5 Å². The first-order valence-corrected chi connectivity index (χ1v) is 22.0. The second kappa shape index (κ2) is 22.3. The van der Waals surface area contributed by atoms with Crippen LogP contribution < -0.4 is 42.2 Å². The van der Waals surface area contributed by atoms with E-state index < -0.39 is 11.8 Å². The van der Waals surface area contributed by atoms with E-state index in [0.717, 1.165) is 130 Å². The molecule has 4 aromatic carbocycles. The summed E-state index contributed by atoms with van der Waals surface area (Å²) in [5.41, 5.74) is 20.4. The number of anilines is 6. The van der Waals surface area contributed by atoms with Gasteiger partial charge in [-0.1, -0.05) is 36.4 Å². The Labute approximate surface area is 380 Å². The number of ether oxygens (including phenoxy) is 4. The van der Waals surface area contributed by atoms with E-state index in [1.807, 2.05) is 86.6 Å². The molecule has 2 fully saturated rings. The van der Waals surface area contributed by atoms with Gasteiger partial charge in [0.2, 0.25) is 0 Å². The molecule has 8 N–H and O–H groups in total. The topological polar surface area (TPSA) is 203 Å². The van der Waals surface area contributed by atoms with E-state index in [-0.39, 0.29) is 0 Å². The van der Waals surface area contributed by atoms with Crippen molar-refractivity contribution in [2.45, 2.75) is 20.3 Å². The van der Waals surface area contributed by atoms with Crippen LogP contribution in [0.25, 0.3) is 21.8 Å². The van der Waals surface area contributed by atoms with E-state index in [2.05, 4.69) is 41.0 Å². The lowest BCUT2D eigenvalue weighted by Gasteiger charge is -2.26. The van der Waals surface area contributed by atoms with Crippen LogP contribution in [0.2, 0.25) is 0 Å². The molecule has 16 heteroatoms. The number of fused-ring (bicyclic) bond motifs is 2. The molecule has 4 heterocycles. The Morgan fingerprint density at radius 2 is 1.05 bits per heavy atom. The number of morpholine rings is 2. The number of hydrogen-bond donors (Lipinski definition) is 6. The largest absolute Gasteiger partial charge is 0.495 e. The minimum Gasteiger partial charge on any atom is -0.495 e. The summed E-state index contributed by atoms with van der Waals surface area (Å²) in [7, 11) is 3.28. The third-order valence-corrected chi connectivity index (χ3v) is 11.6. The van der Waals surface area contributed by atoms with Crippen LogP contribution in [0.15, 0.2) is 85.2 Å². The van der Waals surface area contributed by atoms with Crippen molar-refractivity contribution < 1.29 is 28.5 Å². The van der Waals surface area contributed by atoms with Gasteiger partial charge in [0.25, 0.3) is 11.8 Å². The van der Waals surface area contributed by atoms with Gasteiger partial charge in [-0.05, 0) is 62.2 Å². The van der Waals surface area contributed by atoms with E-state index in [1.54, 1.807) is 14.2 Å². The summed E-state index contributed by atoms with van der Waals surface area (Å²) < 4.78 is 22.0. The van der Waals surface area contributed by atoms with Gasteiger partial charge in [0.1, 0.15) is 11.5 Å². The second-order valence-corrected chi connectivity index (χ2v) is 16.0. The minimum atomic E-state index is -0.534. The summed E-state index contributed by atoms with van der Waals surface area (Å²) in [4.78, 5) is 38.1. The van der Waals surface area contributed by atoms with E-state index >= 15 is 0 Å². The molecule has 0 saturated carbocycles. The number of nitrogens with zero attached hydrogens (tertiary/aromatic N) is 4. The van der Waals surface area contributed by atoms with Gasteiger partial charge in [-0.25, -0.2) is 0 Å². The first kappa shape index (κ1) is 46.3. The lowest BCUT2D eigenvalue weighted by atomic mass is 10.1. The number of rotatable bonds is 17. The van der Waals surface area contributed by atoms with Crippen LogP contribution in [0.5, 0.6) is 11.5 Å². The Morgan fingerprint density at radius 1 is 0.615 bits per heavy atom.